The summed E-state index contributed by atoms with van der Waals surface area (Å²) in [6, 6.07) is 9.69. The van der Waals surface area contributed by atoms with E-state index < -0.39 is 0 Å². The average Bonchev–Trinajstić information content (AvgIpc) is 3.41. The van der Waals surface area contributed by atoms with Crippen molar-refractivity contribution in [3.8, 4) is 17.5 Å². The molecule has 1 amide bonds. The van der Waals surface area contributed by atoms with Crippen LogP contribution in [0.3, 0.4) is 0 Å². The third-order valence-electron chi connectivity index (χ3n) is 4.75. The molecule has 148 valence electrons. The number of hydrogen-bond acceptors (Lipinski definition) is 6. The highest BCUT2D eigenvalue weighted by Crippen LogP contribution is 2.38. The molecule has 29 heavy (non-hydrogen) atoms. The summed E-state index contributed by atoms with van der Waals surface area (Å²) < 4.78 is 1.97. The van der Waals surface area contributed by atoms with Crippen molar-refractivity contribution >= 4 is 45.6 Å². The lowest BCUT2D eigenvalue weighted by molar-refractivity contribution is -0.113. The van der Waals surface area contributed by atoms with Gasteiger partial charge in [0.2, 0.25) is 5.91 Å². The number of thiophene rings is 1. The summed E-state index contributed by atoms with van der Waals surface area (Å²) in [4.78, 5) is 13.7. The lowest BCUT2D eigenvalue weighted by Crippen LogP contribution is -2.14. The molecule has 1 aliphatic rings. The van der Waals surface area contributed by atoms with E-state index in [4.69, 9.17) is 11.6 Å². The molecule has 1 aromatic carbocycles. The molecule has 4 rings (SSSR count). The SMILES string of the molecule is CCn1c(SCC(=O)Nc2sc3c(c2C#N)CCC3)nnc1-c1ccc(Cl)cc1. The topological polar surface area (TPSA) is 83.6 Å². The van der Waals surface area contributed by atoms with Gasteiger partial charge in [-0.05, 0) is 56.0 Å². The van der Waals surface area contributed by atoms with Crippen molar-refractivity contribution in [1.29, 1.82) is 5.26 Å². The number of amides is 1. The maximum absolute atomic E-state index is 12.5. The molecule has 2 heterocycles. The highest BCUT2D eigenvalue weighted by molar-refractivity contribution is 7.99. The normalized spacial score (nSPS) is 12.6. The first-order valence-corrected chi connectivity index (χ1v) is 11.4. The van der Waals surface area contributed by atoms with Crippen molar-refractivity contribution in [2.75, 3.05) is 11.1 Å². The number of hydrogen-bond donors (Lipinski definition) is 1. The Hall–Kier alpha value is -2.34. The monoisotopic (exact) mass is 443 g/mol. The first kappa shape index (κ1) is 20.0. The van der Waals surface area contributed by atoms with Crippen LogP contribution in [0.2, 0.25) is 5.02 Å². The Labute approximate surface area is 181 Å². The Morgan fingerprint density at radius 2 is 2.14 bits per heavy atom. The summed E-state index contributed by atoms with van der Waals surface area (Å²) in [5, 5.41) is 22.9. The maximum atomic E-state index is 12.5. The number of nitriles is 1. The minimum Gasteiger partial charge on any atom is -0.316 e. The summed E-state index contributed by atoms with van der Waals surface area (Å²) in [6.07, 6.45) is 3.00. The van der Waals surface area contributed by atoms with Gasteiger partial charge in [0.25, 0.3) is 0 Å². The predicted molar refractivity (Wildman–Crippen MR) is 117 cm³/mol. The van der Waals surface area contributed by atoms with Crippen LogP contribution in [0, 0.1) is 11.3 Å². The highest BCUT2D eigenvalue weighted by Gasteiger charge is 2.23. The standard InChI is InChI=1S/C20H18ClN5OS2/c1-2-26-18(12-6-8-13(21)9-7-12)24-25-20(26)28-11-17(27)23-19-15(10-22)14-4-3-5-16(14)29-19/h6-9H,2-5,11H2,1H3,(H,23,27). The highest BCUT2D eigenvalue weighted by atomic mass is 35.5. The molecule has 0 radical (unpaired) electrons. The van der Waals surface area contributed by atoms with Gasteiger partial charge in [-0.1, -0.05) is 23.4 Å². The van der Waals surface area contributed by atoms with Crippen LogP contribution in [0.1, 0.15) is 29.3 Å². The smallest absolute Gasteiger partial charge is 0.235 e. The van der Waals surface area contributed by atoms with Gasteiger partial charge in [0.1, 0.15) is 11.1 Å². The van der Waals surface area contributed by atoms with Gasteiger partial charge >= 0.3 is 0 Å². The van der Waals surface area contributed by atoms with E-state index in [9.17, 15) is 10.1 Å². The maximum Gasteiger partial charge on any atom is 0.235 e. The fraction of sp³-hybridized carbons (Fsp3) is 0.300. The second-order valence-corrected chi connectivity index (χ2v) is 9.05. The van der Waals surface area contributed by atoms with Crippen LogP contribution < -0.4 is 5.32 Å². The number of rotatable bonds is 6. The molecule has 1 N–H and O–H groups in total. The number of halogens is 1. The summed E-state index contributed by atoms with van der Waals surface area (Å²) in [6.45, 7) is 2.70. The molecule has 0 aliphatic heterocycles. The van der Waals surface area contributed by atoms with E-state index in [1.807, 2.05) is 35.8 Å². The van der Waals surface area contributed by atoms with E-state index in [-0.39, 0.29) is 11.7 Å². The van der Waals surface area contributed by atoms with Crippen molar-refractivity contribution in [2.24, 2.45) is 0 Å². The van der Waals surface area contributed by atoms with E-state index in [0.717, 1.165) is 36.2 Å². The first-order valence-electron chi connectivity index (χ1n) is 9.27. The zero-order chi connectivity index (χ0) is 20.4. The molecule has 6 nitrogen and oxygen atoms in total. The van der Waals surface area contributed by atoms with Crippen molar-refractivity contribution in [3.63, 3.8) is 0 Å². The third kappa shape index (κ3) is 4.04. The molecule has 0 spiro atoms. The van der Waals surface area contributed by atoms with E-state index in [1.54, 1.807) is 0 Å². The number of fused-ring (bicyclic) bond motifs is 1. The van der Waals surface area contributed by atoms with Crippen LogP contribution in [0.15, 0.2) is 29.4 Å². The van der Waals surface area contributed by atoms with E-state index in [1.165, 1.54) is 28.0 Å². The average molecular weight is 444 g/mol. The van der Waals surface area contributed by atoms with E-state index in [2.05, 4.69) is 21.6 Å². The van der Waals surface area contributed by atoms with Gasteiger partial charge in [0.15, 0.2) is 11.0 Å². The number of aromatic nitrogens is 3. The van der Waals surface area contributed by atoms with Gasteiger partial charge in [0.05, 0.1) is 11.3 Å². The molecule has 0 atom stereocenters. The number of carbonyl (C=O) groups excluding carboxylic acids is 1. The van der Waals surface area contributed by atoms with Crippen LogP contribution >= 0.6 is 34.7 Å². The molecule has 9 heteroatoms. The van der Waals surface area contributed by atoms with Crippen LogP contribution in [0.4, 0.5) is 5.00 Å². The molecule has 0 unspecified atom stereocenters. The molecule has 0 bridgehead atoms. The van der Waals surface area contributed by atoms with Crippen molar-refractivity contribution in [2.45, 2.75) is 37.9 Å². The number of benzene rings is 1. The van der Waals surface area contributed by atoms with Crippen molar-refractivity contribution < 1.29 is 4.79 Å². The van der Waals surface area contributed by atoms with Gasteiger partial charge in [-0.25, -0.2) is 0 Å². The lowest BCUT2D eigenvalue weighted by Gasteiger charge is -2.08. The van der Waals surface area contributed by atoms with Gasteiger partial charge in [-0.2, -0.15) is 5.26 Å². The number of thioether (sulfide) groups is 1. The van der Waals surface area contributed by atoms with Crippen molar-refractivity contribution in [3.05, 3.63) is 45.3 Å². The zero-order valence-electron chi connectivity index (χ0n) is 15.7. The molecule has 1 aliphatic carbocycles. The molecule has 2 aromatic heterocycles. The molecule has 0 saturated carbocycles. The Bertz CT molecular complexity index is 1100. The number of anilines is 1. The van der Waals surface area contributed by atoms with Gasteiger partial charge in [-0.15, -0.1) is 21.5 Å². The Morgan fingerprint density at radius 3 is 2.86 bits per heavy atom. The lowest BCUT2D eigenvalue weighted by atomic mass is 10.1. The Morgan fingerprint density at radius 1 is 1.34 bits per heavy atom. The molecular weight excluding hydrogens is 426 g/mol. The van der Waals surface area contributed by atoms with Crippen LogP contribution in [-0.4, -0.2) is 26.4 Å². The summed E-state index contributed by atoms with van der Waals surface area (Å²) in [5.74, 6) is 0.797. The van der Waals surface area contributed by atoms with E-state index in [0.29, 0.717) is 27.3 Å². The fourth-order valence-electron chi connectivity index (χ4n) is 3.40. The summed E-state index contributed by atoms with van der Waals surface area (Å²) in [7, 11) is 0. The number of nitrogens with one attached hydrogen (secondary N) is 1. The summed E-state index contributed by atoms with van der Waals surface area (Å²) in [5.41, 5.74) is 2.66. The van der Waals surface area contributed by atoms with Crippen molar-refractivity contribution in [1.82, 2.24) is 14.8 Å². The third-order valence-corrected chi connectivity index (χ3v) is 7.18. The predicted octanol–water partition coefficient (Wildman–Crippen LogP) is 4.77. The molecule has 0 fully saturated rings. The number of carbonyl (C=O) groups is 1. The Kier molecular flexibility index (Phi) is 5.90. The minimum absolute atomic E-state index is 0.148. The van der Waals surface area contributed by atoms with Crippen LogP contribution in [0.5, 0.6) is 0 Å². The number of aryl methyl sites for hydroxylation is 1. The fourth-order valence-corrected chi connectivity index (χ4v) is 5.58. The molecule has 0 saturated heterocycles. The Balaban J connectivity index is 1.45. The van der Waals surface area contributed by atoms with Gasteiger partial charge in [-0.3, -0.25) is 4.79 Å². The molecule has 3 aromatic rings. The second-order valence-electron chi connectivity index (χ2n) is 6.57. The largest absolute Gasteiger partial charge is 0.316 e. The quantitative estimate of drug-likeness (QED) is 0.554. The van der Waals surface area contributed by atoms with Crippen LogP contribution in [-0.2, 0) is 24.2 Å². The van der Waals surface area contributed by atoms with E-state index >= 15 is 0 Å². The van der Waals surface area contributed by atoms with Gasteiger partial charge < -0.3 is 9.88 Å². The second kappa shape index (κ2) is 8.57. The zero-order valence-corrected chi connectivity index (χ0v) is 18.1. The van der Waals surface area contributed by atoms with Gasteiger partial charge in [0, 0.05) is 22.0 Å². The summed E-state index contributed by atoms with van der Waals surface area (Å²) >= 11 is 8.82. The van der Waals surface area contributed by atoms with Crippen LogP contribution in [0.25, 0.3) is 11.4 Å². The first-order chi connectivity index (χ1) is 14.1. The minimum atomic E-state index is -0.148. The number of nitrogens with zero attached hydrogens (tertiary/aromatic N) is 4. The molecular formula is C20H18ClN5OS2.